The van der Waals surface area contributed by atoms with E-state index in [1.807, 2.05) is 11.3 Å². The van der Waals surface area contributed by atoms with Crippen LogP contribution in [0.5, 0.6) is 0 Å². The van der Waals surface area contributed by atoms with Crippen LogP contribution in [0, 0.1) is 0 Å². The highest BCUT2D eigenvalue weighted by molar-refractivity contribution is 7.26. The maximum atomic E-state index is 6.99. The zero-order valence-corrected chi connectivity index (χ0v) is 41.1. The molecule has 0 fully saturated rings. The standard InChI is InChI=1S/C71H45NOS/c1-3-18-50(19-4-1)71(51-20-5-2-6-21-51)64-30-12-9-23-56(64)57-43-38-49(45-65(57)71)46-33-39-52(40-34-46)72(53-41-35-48(36-42-53)55-26-15-29-63-59-25-11-14-32-67(59)74-70(55)63)66-31-13-10-24-58(66)60-27-16-28-61-62-44-37-47-17-7-8-22-54(47)68(62)73-69(60)61/h1-45H. The third kappa shape index (κ3) is 6.43. The fourth-order valence-corrected chi connectivity index (χ4v) is 13.5. The lowest BCUT2D eigenvalue weighted by Crippen LogP contribution is -2.28. The molecule has 0 aliphatic heterocycles. The highest BCUT2D eigenvalue weighted by atomic mass is 32.1. The summed E-state index contributed by atoms with van der Waals surface area (Å²) >= 11 is 1.87. The second-order valence-electron chi connectivity index (χ2n) is 19.5. The molecule has 2 nitrogen and oxygen atoms in total. The van der Waals surface area contributed by atoms with E-state index < -0.39 is 5.41 Å². The van der Waals surface area contributed by atoms with Crippen molar-refractivity contribution < 1.29 is 4.42 Å². The molecule has 1 aliphatic carbocycles. The normalized spacial score (nSPS) is 12.7. The minimum absolute atomic E-state index is 0.477. The third-order valence-electron chi connectivity index (χ3n) is 15.6. The number of thiophene rings is 1. The second kappa shape index (κ2) is 16.9. The van der Waals surface area contributed by atoms with E-state index in [-0.39, 0.29) is 0 Å². The molecule has 0 saturated heterocycles. The molecule has 0 unspecified atom stereocenters. The van der Waals surface area contributed by atoms with E-state index in [1.165, 1.54) is 75.6 Å². The highest BCUT2D eigenvalue weighted by Gasteiger charge is 2.46. The van der Waals surface area contributed by atoms with Crippen molar-refractivity contribution in [2.75, 3.05) is 4.90 Å². The second-order valence-corrected chi connectivity index (χ2v) is 20.5. The largest absolute Gasteiger partial charge is 0.455 e. The van der Waals surface area contributed by atoms with Gasteiger partial charge in [-0.1, -0.05) is 224 Å². The van der Waals surface area contributed by atoms with Gasteiger partial charge in [0, 0.05) is 58.8 Å². The fourth-order valence-electron chi connectivity index (χ4n) is 12.3. The molecule has 0 amide bonds. The predicted molar refractivity (Wildman–Crippen MR) is 312 cm³/mol. The van der Waals surface area contributed by atoms with Crippen molar-refractivity contribution in [2.24, 2.45) is 0 Å². The van der Waals surface area contributed by atoms with Crippen molar-refractivity contribution in [1.29, 1.82) is 0 Å². The van der Waals surface area contributed by atoms with Gasteiger partial charge in [-0.25, -0.2) is 0 Å². The van der Waals surface area contributed by atoms with Gasteiger partial charge in [0.2, 0.25) is 0 Å². The number of nitrogens with zero attached hydrogens (tertiary/aromatic N) is 1. The van der Waals surface area contributed by atoms with Gasteiger partial charge in [0.15, 0.2) is 0 Å². The summed E-state index contributed by atoms with van der Waals surface area (Å²) in [7, 11) is 0. The number of furan rings is 1. The maximum absolute atomic E-state index is 6.99. The summed E-state index contributed by atoms with van der Waals surface area (Å²) in [5.74, 6) is 0. The van der Waals surface area contributed by atoms with E-state index >= 15 is 0 Å². The van der Waals surface area contributed by atoms with Gasteiger partial charge in [-0.2, -0.15) is 0 Å². The van der Waals surface area contributed by atoms with Crippen LogP contribution in [-0.2, 0) is 5.41 Å². The van der Waals surface area contributed by atoms with Crippen LogP contribution in [0.25, 0.3) is 97.4 Å². The summed E-state index contributed by atoms with van der Waals surface area (Å²) in [5, 5.41) is 7.12. The van der Waals surface area contributed by atoms with Crippen LogP contribution >= 0.6 is 11.3 Å². The molecule has 74 heavy (non-hydrogen) atoms. The summed E-state index contributed by atoms with van der Waals surface area (Å²) in [6.07, 6.45) is 0. The van der Waals surface area contributed by atoms with E-state index in [9.17, 15) is 0 Å². The van der Waals surface area contributed by atoms with E-state index in [2.05, 4.69) is 278 Å². The first-order valence-corrected chi connectivity index (χ1v) is 26.2. The van der Waals surface area contributed by atoms with E-state index in [0.717, 1.165) is 61.1 Å². The first-order valence-electron chi connectivity index (χ1n) is 25.4. The Labute approximate surface area is 433 Å². The van der Waals surface area contributed by atoms with E-state index in [0.29, 0.717) is 0 Å². The lowest BCUT2D eigenvalue weighted by Gasteiger charge is -2.34. The summed E-state index contributed by atoms with van der Waals surface area (Å²) in [4.78, 5) is 2.41. The minimum atomic E-state index is -0.477. The summed E-state index contributed by atoms with van der Waals surface area (Å²) < 4.78 is 9.61. The van der Waals surface area contributed by atoms with E-state index in [4.69, 9.17) is 4.42 Å². The Hall–Kier alpha value is -9.28. The van der Waals surface area contributed by atoms with Crippen molar-refractivity contribution in [3.8, 4) is 44.5 Å². The van der Waals surface area contributed by atoms with Crippen LogP contribution in [0.3, 0.4) is 0 Å². The molecular formula is C71H45NOS. The number of para-hydroxylation sites is 2. The van der Waals surface area contributed by atoms with Crippen molar-refractivity contribution in [3.63, 3.8) is 0 Å². The number of rotatable bonds is 8. The van der Waals surface area contributed by atoms with Gasteiger partial charge in [0.05, 0.1) is 11.1 Å². The molecule has 2 heterocycles. The van der Waals surface area contributed by atoms with Crippen molar-refractivity contribution in [1.82, 2.24) is 0 Å². The van der Waals surface area contributed by atoms with Crippen LogP contribution in [0.1, 0.15) is 22.3 Å². The molecule has 3 heteroatoms. The zero-order valence-electron chi connectivity index (χ0n) is 40.2. The quantitative estimate of drug-likeness (QED) is 0.151. The molecule has 0 radical (unpaired) electrons. The molecule has 346 valence electrons. The molecule has 0 bridgehead atoms. The molecular weight excluding hydrogens is 915 g/mol. The van der Waals surface area contributed by atoms with Crippen LogP contribution in [0.15, 0.2) is 277 Å². The van der Waals surface area contributed by atoms with Crippen molar-refractivity contribution in [2.45, 2.75) is 5.41 Å². The SMILES string of the molecule is c1ccc(C2(c3ccccc3)c3ccccc3-c3ccc(-c4ccc(N(c5ccc(-c6cccc7c6sc6ccccc67)cc5)c5ccccc5-c5cccc6c5oc5c7ccccc7ccc65)cc4)cc32)cc1. The van der Waals surface area contributed by atoms with Gasteiger partial charge in [-0.15, -0.1) is 11.3 Å². The Morgan fingerprint density at radius 2 is 0.878 bits per heavy atom. The van der Waals surface area contributed by atoms with Gasteiger partial charge < -0.3 is 9.32 Å². The van der Waals surface area contributed by atoms with Crippen LogP contribution in [-0.4, -0.2) is 0 Å². The predicted octanol–water partition coefficient (Wildman–Crippen LogP) is 19.9. The molecule has 14 aromatic rings. The Morgan fingerprint density at radius 3 is 1.65 bits per heavy atom. The number of benzene rings is 12. The monoisotopic (exact) mass is 959 g/mol. The van der Waals surface area contributed by atoms with Crippen LogP contribution in [0.2, 0.25) is 0 Å². The van der Waals surface area contributed by atoms with Crippen LogP contribution in [0.4, 0.5) is 17.1 Å². The lowest BCUT2D eigenvalue weighted by molar-refractivity contribution is 0.674. The molecule has 2 aromatic heterocycles. The average molecular weight is 960 g/mol. The molecule has 1 aliphatic rings. The number of fused-ring (bicyclic) bond motifs is 11. The molecule has 12 aromatic carbocycles. The zero-order chi connectivity index (χ0) is 48.7. The Balaban J connectivity index is 0.887. The summed E-state index contributed by atoms with van der Waals surface area (Å²) in [6.45, 7) is 0. The molecule has 0 atom stereocenters. The van der Waals surface area contributed by atoms with Crippen LogP contribution < -0.4 is 4.90 Å². The Kier molecular flexibility index (Phi) is 9.70. The fraction of sp³-hybridized carbons (Fsp3) is 0.0141. The van der Waals surface area contributed by atoms with Gasteiger partial charge in [-0.05, 0) is 110 Å². The van der Waals surface area contributed by atoms with Gasteiger partial charge in [0.1, 0.15) is 11.2 Å². The summed E-state index contributed by atoms with van der Waals surface area (Å²) in [5.41, 5.74) is 19.1. The van der Waals surface area contributed by atoms with Gasteiger partial charge in [0.25, 0.3) is 0 Å². The van der Waals surface area contributed by atoms with E-state index in [1.54, 1.807) is 0 Å². The van der Waals surface area contributed by atoms with Gasteiger partial charge >= 0.3 is 0 Å². The average Bonchev–Trinajstić information content (AvgIpc) is 4.22. The van der Waals surface area contributed by atoms with Gasteiger partial charge in [-0.3, -0.25) is 0 Å². The molecule has 15 rings (SSSR count). The molecule has 0 saturated carbocycles. The number of hydrogen-bond acceptors (Lipinski definition) is 3. The lowest BCUT2D eigenvalue weighted by atomic mass is 9.67. The summed E-state index contributed by atoms with van der Waals surface area (Å²) in [6, 6.07) is 100. The Bertz CT molecular complexity index is 4430. The van der Waals surface area contributed by atoms with Crippen molar-refractivity contribution in [3.05, 3.63) is 295 Å². The number of hydrogen-bond donors (Lipinski definition) is 0. The maximum Gasteiger partial charge on any atom is 0.143 e. The topological polar surface area (TPSA) is 16.4 Å². The molecule has 0 N–H and O–H groups in total. The Morgan fingerprint density at radius 1 is 0.324 bits per heavy atom. The first-order chi connectivity index (χ1) is 36.7. The van der Waals surface area contributed by atoms with Crippen molar-refractivity contribution >= 4 is 81.3 Å². The molecule has 0 spiro atoms. The third-order valence-corrected chi connectivity index (χ3v) is 16.8. The minimum Gasteiger partial charge on any atom is -0.455 e. The number of anilines is 3. The first kappa shape index (κ1) is 42.4. The smallest absolute Gasteiger partial charge is 0.143 e. The highest BCUT2D eigenvalue weighted by Crippen LogP contribution is 2.57.